The Hall–Kier alpha value is -0.0800. The van der Waals surface area contributed by atoms with Crippen LogP contribution in [0.4, 0.5) is 0 Å². The van der Waals surface area contributed by atoms with Crippen molar-refractivity contribution in [2.75, 3.05) is 6.61 Å². The summed E-state index contributed by atoms with van der Waals surface area (Å²) in [6.07, 6.45) is 2.07. The molecule has 2 aliphatic rings. The van der Waals surface area contributed by atoms with E-state index in [2.05, 4.69) is 13.8 Å². The molecule has 0 aromatic heterocycles. The van der Waals surface area contributed by atoms with Crippen LogP contribution in [-0.2, 0) is 4.74 Å². The van der Waals surface area contributed by atoms with E-state index in [1.165, 1.54) is 12.8 Å². The van der Waals surface area contributed by atoms with Crippen LogP contribution in [0.2, 0.25) is 0 Å². The number of fused-ring (bicyclic) bond motifs is 1. The maximum Gasteiger partial charge on any atom is 0.157 e. The highest BCUT2D eigenvalue weighted by Crippen LogP contribution is 2.45. The van der Waals surface area contributed by atoms with Gasteiger partial charge in [-0.15, -0.1) is 0 Å². The summed E-state index contributed by atoms with van der Waals surface area (Å²) in [5.41, 5.74) is 0. The number of ether oxygens (including phenoxy) is 1. The van der Waals surface area contributed by atoms with Crippen molar-refractivity contribution in [3.8, 4) is 0 Å². The number of aliphatic hydroxyl groups excluding tert-OH is 1. The van der Waals surface area contributed by atoms with E-state index >= 15 is 0 Å². The number of aliphatic hydroxyl groups is 1. The van der Waals surface area contributed by atoms with Gasteiger partial charge < -0.3 is 9.84 Å². The Bertz CT molecular complexity index is 169. The Morgan fingerprint density at radius 3 is 2.58 bits per heavy atom. The number of hydrogen-bond donors (Lipinski definition) is 1. The van der Waals surface area contributed by atoms with E-state index in [0.717, 1.165) is 6.61 Å². The minimum absolute atomic E-state index is 0.411. The van der Waals surface area contributed by atoms with Gasteiger partial charge in [0.15, 0.2) is 6.29 Å². The highest BCUT2D eigenvalue weighted by molar-refractivity contribution is 4.89. The van der Waals surface area contributed by atoms with Gasteiger partial charge in [-0.3, -0.25) is 0 Å². The summed E-state index contributed by atoms with van der Waals surface area (Å²) in [6.45, 7) is 5.21. The Morgan fingerprint density at radius 1 is 1.17 bits per heavy atom. The first kappa shape index (κ1) is 8.52. The Kier molecular flexibility index (Phi) is 2.13. The fourth-order valence-electron chi connectivity index (χ4n) is 2.90. The van der Waals surface area contributed by atoms with Crippen LogP contribution in [-0.4, -0.2) is 18.0 Å². The average molecular weight is 170 g/mol. The second kappa shape index (κ2) is 3.00. The third kappa shape index (κ3) is 1.17. The van der Waals surface area contributed by atoms with Crippen LogP contribution < -0.4 is 0 Å². The molecule has 1 N–H and O–H groups in total. The average Bonchev–Trinajstić information content (AvgIpc) is 2.42. The van der Waals surface area contributed by atoms with E-state index < -0.39 is 6.29 Å². The second-order valence-corrected chi connectivity index (χ2v) is 4.50. The lowest BCUT2D eigenvalue weighted by atomic mass is 9.80. The lowest BCUT2D eigenvalue weighted by Crippen LogP contribution is -2.40. The molecule has 2 heteroatoms. The zero-order valence-electron chi connectivity index (χ0n) is 7.86. The molecule has 1 unspecified atom stereocenters. The molecule has 0 radical (unpaired) electrons. The van der Waals surface area contributed by atoms with Crippen LogP contribution in [0.5, 0.6) is 0 Å². The molecular formula is C10H18O2. The maximum absolute atomic E-state index is 9.65. The summed E-state index contributed by atoms with van der Waals surface area (Å²) < 4.78 is 5.33. The van der Waals surface area contributed by atoms with Crippen LogP contribution in [0.3, 0.4) is 0 Å². The van der Waals surface area contributed by atoms with Gasteiger partial charge in [-0.05, 0) is 30.6 Å². The highest BCUT2D eigenvalue weighted by atomic mass is 16.6. The zero-order valence-corrected chi connectivity index (χ0v) is 7.86. The number of hydrogen-bond acceptors (Lipinski definition) is 2. The minimum atomic E-state index is -0.483. The summed E-state index contributed by atoms with van der Waals surface area (Å²) in [5, 5.41) is 9.65. The highest BCUT2D eigenvalue weighted by Gasteiger charge is 2.44. The molecule has 0 amide bonds. The first-order valence-corrected chi connectivity index (χ1v) is 5.00. The third-order valence-corrected chi connectivity index (χ3v) is 3.70. The molecule has 5 atom stereocenters. The lowest BCUT2D eigenvalue weighted by molar-refractivity contribution is -0.195. The quantitative estimate of drug-likeness (QED) is 0.598. The minimum Gasteiger partial charge on any atom is -0.368 e. The molecule has 2 rings (SSSR count). The van der Waals surface area contributed by atoms with Crippen molar-refractivity contribution in [3.63, 3.8) is 0 Å². The number of rotatable bonds is 0. The summed E-state index contributed by atoms with van der Waals surface area (Å²) in [7, 11) is 0. The van der Waals surface area contributed by atoms with Gasteiger partial charge in [-0.1, -0.05) is 13.8 Å². The Labute approximate surface area is 73.9 Å². The van der Waals surface area contributed by atoms with E-state index in [1.54, 1.807) is 0 Å². The van der Waals surface area contributed by atoms with Crippen molar-refractivity contribution in [3.05, 3.63) is 0 Å². The second-order valence-electron chi connectivity index (χ2n) is 4.50. The Morgan fingerprint density at radius 2 is 1.92 bits per heavy atom. The SMILES string of the molecule is C[C@H]1COC(O)[C@H]2[C@@H]1CC[C@@H]2C. The molecule has 70 valence electrons. The van der Waals surface area contributed by atoms with E-state index in [4.69, 9.17) is 4.74 Å². The molecule has 1 saturated carbocycles. The van der Waals surface area contributed by atoms with Crippen LogP contribution in [0, 0.1) is 23.7 Å². The molecule has 2 nitrogen and oxygen atoms in total. The predicted octanol–water partition coefficient (Wildman–Crippen LogP) is 1.63. The van der Waals surface area contributed by atoms with Crippen LogP contribution in [0.25, 0.3) is 0 Å². The van der Waals surface area contributed by atoms with E-state index in [0.29, 0.717) is 23.7 Å². The topological polar surface area (TPSA) is 29.5 Å². The molecule has 1 aliphatic heterocycles. The predicted molar refractivity (Wildman–Crippen MR) is 46.5 cm³/mol. The first-order valence-electron chi connectivity index (χ1n) is 5.00. The fourth-order valence-corrected chi connectivity index (χ4v) is 2.90. The van der Waals surface area contributed by atoms with Crippen molar-refractivity contribution >= 4 is 0 Å². The van der Waals surface area contributed by atoms with Crippen molar-refractivity contribution < 1.29 is 9.84 Å². The van der Waals surface area contributed by atoms with E-state index in [9.17, 15) is 5.11 Å². The van der Waals surface area contributed by atoms with Crippen LogP contribution >= 0.6 is 0 Å². The summed E-state index contributed by atoms with van der Waals surface area (Å²) in [5.74, 6) is 2.41. The molecule has 0 aromatic carbocycles. The smallest absolute Gasteiger partial charge is 0.157 e. The lowest BCUT2D eigenvalue weighted by Gasteiger charge is -2.37. The van der Waals surface area contributed by atoms with Gasteiger partial charge in [0, 0.05) is 5.92 Å². The summed E-state index contributed by atoms with van der Waals surface area (Å²) in [6, 6.07) is 0. The van der Waals surface area contributed by atoms with Crippen molar-refractivity contribution in [1.29, 1.82) is 0 Å². The van der Waals surface area contributed by atoms with Gasteiger partial charge >= 0.3 is 0 Å². The summed E-state index contributed by atoms with van der Waals surface area (Å²) >= 11 is 0. The van der Waals surface area contributed by atoms with Gasteiger partial charge in [-0.25, -0.2) is 0 Å². The molecule has 0 spiro atoms. The van der Waals surface area contributed by atoms with Crippen molar-refractivity contribution in [1.82, 2.24) is 0 Å². The van der Waals surface area contributed by atoms with E-state index in [1.807, 2.05) is 0 Å². The molecule has 2 fully saturated rings. The summed E-state index contributed by atoms with van der Waals surface area (Å²) in [4.78, 5) is 0. The molecule has 12 heavy (non-hydrogen) atoms. The monoisotopic (exact) mass is 170 g/mol. The Balaban J connectivity index is 2.13. The fraction of sp³-hybridized carbons (Fsp3) is 1.00. The van der Waals surface area contributed by atoms with Crippen LogP contribution in [0.15, 0.2) is 0 Å². The largest absolute Gasteiger partial charge is 0.368 e. The molecule has 1 aliphatic carbocycles. The first-order chi connectivity index (χ1) is 5.70. The van der Waals surface area contributed by atoms with Gasteiger partial charge in [0.05, 0.1) is 6.61 Å². The van der Waals surface area contributed by atoms with Crippen molar-refractivity contribution in [2.45, 2.75) is 33.0 Å². The normalized spacial score (nSPS) is 53.8. The molecular weight excluding hydrogens is 152 g/mol. The third-order valence-electron chi connectivity index (χ3n) is 3.70. The van der Waals surface area contributed by atoms with Gasteiger partial charge in [0.25, 0.3) is 0 Å². The van der Waals surface area contributed by atoms with E-state index in [-0.39, 0.29) is 0 Å². The standard InChI is InChI=1S/C10H18O2/c1-6-3-4-8-7(2)5-12-10(11)9(6)8/h6-11H,3-5H2,1-2H3/t6-,7-,8+,9+,10?/m0/s1. The molecule has 1 heterocycles. The molecule has 0 bridgehead atoms. The van der Waals surface area contributed by atoms with Gasteiger partial charge in [0.1, 0.15) is 0 Å². The molecule has 0 aromatic rings. The molecule has 1 saturated heterocycles. The van der Waals surface area contributed by atoms with Crippen LogP contribution in [0.1, 0.15) is 26.7 Å². The van der Waals surface area contributed by atoms with Crippen molar-refractivity contribution in [2.24, 2.45) is 23.7 Å². The van der Waals surface area contributed by atoms with Gasteiger partial charge in [-0.2, -0.15) is 0 Å². The maximum atomic E-state index is 9.65. The van der Waals surface area contributed by atoms with Gasteiger partial charge in [0.2, 0.25) is 0 Å². The zero-order chi connectivity index (χ0) is 8.72.